The predicted molar refractivity (Wildman–Crippen MR) is 74.0 cm³/mol. The van der Waals surface area contributed by atoms with Gasteiger partial charge in [-0.2, -0.15) is 0 Å². The van der Waals surface area contributed by atoms with Crippen LogP contribution in [0.5, 0.6) is 0 Å². The van der Waals surface area contributed by atoms with Crippen LogP contribution in [0.2, 0.25) is 0 Å². The third-order valence-electron chi connectivity index (χ3n) is 4.48. The molecule has 1 rings (SSSR count). The number of nitrogens with one attached hydrogen (secondary N) is 2. The van der Waals surface area contributed by atoms with E-state index < -0.39 is 0 Å². The predicted octanol–water partition coefficient (Wildman–Crippen LogP) is 0.561. The summed E-state index contributed by atoms with van der Waals surface area (Å²) in [5.74, 6) is 0. The van der Waals surface area contributed by atoms with Crippen molar-refractivity contribution in [1.29, 1.82) is 0 Å². The maximum absolute atomic E-state index is 6.42. The second kappa shape index (κ2) is 6.69. The average molecular weight is 242 g/mol. The van der Waals surface area contributed by atoms with E-state index in [2.05, 4.69) is 17.6 Å². The van der Waals surface area contributed by atoms with Crippen LogP contribution < -0.4 is 22.1 Å². The number of hydrogen-bond donors (Lipinski definition) is 4. The van der Waals surface area contributed by atoms with Gasteiger partial charge in [0.15, 0.2) is 0 Å². The first kappa shape index (κ1) is 14.9. The summed E-state index contributed by atoms with van der Waals surface area (Å²) in [6.45, 7) is 2.13. The maximum Gasteiger partial charge on any atom is 0.0345 e. The first-order valence-electron chi connectivity index (χ1n) is 6.95. The fourth-order valence-corrected chi connectivity index (χ4v) is 3.02. The van der Waals surface area contributed by atoms with Crippen LogP contribution in [-0.2, 0) is 0 Å². The molecule has 0 amide bonds. The summed E-state index contributed by atoms with van der Waals surface area (Å²) in [6.07, 6.45) is 6.68. The summed E-state index contributed by atoms with van der Waals surface area (Å²) < 4.78 is 0. The highest BCUT2D eigenvalue weighted by molar-refractivity contribution is 5.02. The third kappa shape index (κ3) is 3.65. The molecule has 6 N–H and O–H groups in total. The number of nitrogens with two attached hydrogens (primary N) is 2. The van der Waals surface area contributed by atoms with E-state index >= 15 is 0 Å². The summed E-state index contributed by atoms with van der Waals surface area (Å²) in [4.78, 5) is 0. The van der Waals surface area contributed by atoms with Gasteiger partial charge in [0.2, 0.25) is 0 Å². The van der Waals surface area contributed by atoms with E-state index in [-0.39, 0.29) is 17.6 Å². The van der Waals surface area contributed by atoms with Gasteiger partial charge in [-0.15, -0.1) is 0 Å². The molecule has 1 aliphatic rings. The van der Waals surface area contributed by atoms with Crippen LogP contribution >= 0.6 is 0 Å². The zero-order valence-corrected chi connectivity index (χ0v) is 11.6. The summed E-state index contributed by atoms with van der Waals surface area (Å²) in [7, 11) is 4.08. The van der Waals surface area contributed by atoms with Gasteiger partial charge >= 0.3 is 0 Å². The van der Waals surface area contributed by atoms with Gasteiger partial charge in [-0.05, 0) is 46.2 Å². The van der Waals surface area contributed by atoms with Crippen molar-refractivity contribution < 1.29 is 0 Å². The molecule has 0 radical (unpaired) electrons. The minimum Gasteiger partial charge on any atom is -0.328 e. The highest BCUT2D eigenvalue weighted by Gasteiger charge is 2.39. The van der Waals surface area contributed by atoms with E-state index in [1.807, 2.05) is 14.1 Å². The first-order chi connectivity index (χ1) is 8.07. The largest absolute Gasteiger partial charge is 0.328 e. The Morgan fingerprint density at radius 2 is 2.06 bits per heavy atom. The zero-order valence-electron chi connectivity index (χ0n) is 11.6. The number of likely N-dealkylation sites (N-methyl/N-ethyl adjacent to an activating group) is 1. The van der Waals surface area contributed by atoms with Gasteiger partial charge in [0.1, 0.15) is 0 Å². The molecule has 4 nitrogen and oxygen atoms in total. The molecule has 102 valence electrons. The smallest absolute Gasteiger partial charge is 0.0345 e. The van der Waals surface area contributed by atoms with Crippen LogP contribution in [0.1, 0.15) is 45.4 Å². The molecular formula is C13H30N4. The molecule has 0 aliphatic heterocycles. The molecule has 1 aliphatic carbocycles. The quantitative estimate of drug-likeness (QED) is 0.549. The van der Waals surface area contributed by atoms with Crippen molar-refractivity contribution in [2.75, 3.05) is 14.1 Å². The lowest BCUT2D eigenvalue weighted by Gasteiger charge is -2.45. The van der Waals surface area contributed by atoms with Gasteiger partial charge in [-0.1, -0.05) is 13.3 Å². The number of hydrogen-bond acceptors (Lipinski definition) is 4. The van der Waals surface area contributed by atoms with Crippen LogP contribution in [0.15, 0.2) is 0 Å². The Bertz CT molecular complexity index is 221. The molecular weight excluding hydrogens is 212 g/mol. The summed E-state index contributed by atoms with van der Waals surface area (Å²) >= 11 is 0. The molecule has 4 heteroatoms. The average Bonchev–Trinajstić information content (AvgIpc) is 2.38. The van der Waals surface area contributed by atoms with Crippen LogP contribution in [0, 0.1) is 0 Å². The van der Waals surface area contributed by atoms with Crippen molar-refractivity contribution in [3.63, 3.8) is 0 Å². The fourth-order valence-electron chi connectivity index (χ4n) is 3.02. The molecule has 0 aromatic carbocycles. The minimum absolute atomic E-state index is 0.0682. The standard InChI is InChI=1S/C13H30N4/c1-4-10(14)8-12(15)13(17-3)7-5-6-11(9-13)16-2/h10-12,16-17H,4-9,14-15H2,1-3H3. The van der Waals surface area contributed by atoms with E-state index in [0.717, 1.165) is 19.3 Å². The van der Waals surface area contributed by atoms with Crippen molar-refractivity contribution in [2.45, 2.75) is 69.1 Å². The molecule has 4 atom stereocenters. The summed E-state index contributed by atoms with van der Waals surface area (Å²) in [5, 5.41) is 6.88. The van der Waals surface area contributed by atoms with Gasteiger partial charge < -0.3 is 22.1 Å². The molecule has 1 saturated carbocycles. The van der Waals surface area contributed by atoms with Crippen LogP contribution in [0.4, 0.5) is 0 Å². The van der Waals surface area contributed by atoms with Gasteiger partial charge in [-0.3, -0.25) is 0 Å². The SMILES string of the molecule is CCC(N)CC(N)C1(NC)CCCC(NC)C1. The molecule has 0 saturated heterocycles. The van der Waals surface area contributed by atoms with Gasteiger partial charge in [0.05, 0.1) is 0 Å². The Balaban J connectivity index is 2.65. The first-order valence-corrected chi connectivity index (χ1v) is 6.95. The molecule has 1 fully saturated rings. The minimum atomic E-state index is 0.0682. The van der Waals surface area contributed by atoms with Crippen molar-refractivity contribution in [2.24, 2.45) is 11.5 Å². The Hall–Kier alpha value is -0.160. The molecule has 0 aromatic rings. The Labute approximate surface area is 106 Å². The van der Waals surface area contributed by atoms with Crippen molar-refractivity contribution in [3.8, 4) is 0 Å². The molecule has 0 spiro atoms. The Morgan fingerprint density at radius 1 is 1.35 bits per heavy atom. The van der Waals surface area contributed by atoms with Crippen LogP contribution in [0.3, 0.4) is 0 Å². The highest BCUT2D eigenvalue weighted by atomic mass is 15.0. The lowest BCUT2D eigenvalue weighted by Crippen LogP contribution is -2.62. The highest BCUT2D eigenvalue weighted by Crippen LogP contribution is 2.31. The van der Waals surface area contributed by atoms with Crippen LogP contribution in [-0.4, -0.2) is 37.8 Å². The second-order valence-corrected chi connectivity index (χ2v) is 5.50. The van der Waals surface area contributed by atoms with E-state index in [4.69, 9.17) is 11.5 Å². The maximum atomic E-state index is 6.42. The molecule has 0 heterocycles. The topological polar surface area (TPSA) is 76.1 Å². The van der Waals surface area contributed by atoms with Gasteiger partial charge in [-0.25, -0.2) is 0 Å². The fraction of sp³-hybridized carbons (Fsp3) is 1.00. The lowest BCUT2D eigenvalue weighted by atomic mass is 9.73. The van der Waals surface area contributed by atoms with Crippen LogP contribution in [0.25, 0.3) is 0 Å². The normalized spacial score (nSPS) is 33.4. The van der Waals surface area contributed by atoms with E-state index in [1.54, 1.807) is 0 Å². The Morgan fingerprint density at radius 3 is 2.59 bits per heavy atom. The van der Waals surface area contributed by atoms with E-state index in [9.17, 15) is 0 Å². The number of rotatable bonds is 6. The van der Waals surface area contributed by atoms with Crippen molar-refractivity contribution >= 4 is 0 Å². The lowest BCUT2D eigenvalue weighted by molar-refractivity contribution is 0.164. The van der Waals surface area contributed by atoms with E-state index in [0.29, 0.717) is 6.04 Å². The second-order valence-electron chi connectivity index (χ2n) is 5.50. The summed E-state index contributed by atoms with van der Waals surface area (Å²) in [6, 6.07) is 0.962. The third-order valence-corrected chi connectivity index (χ3v) is 4.48. The molecule has 0 bridgehead atoms. The zero-order chi connectivity index (χ0) is 12.9. The van der Waals surface area contributed by atoms with Crippen molar-refractivity contribution in [3.05, 3.63) is 0 Å². The van der Waals surface area contributed by atoms with Gasteiger partial charge in [0.25, 0.3) is 0 Å². The Kier molecular flexibility index (Phi) is 5.86. The van der Waals surface area contributed by atoms with E-state index in [1.165, 1.54) is 19.3 Å². The molecule has 4 unspecified atom stereocenters. The molecule has 0 aromatic heterocycles. The van der Waals surface area contributed by atoms with Crippen molar-refractivity contribution in [1.82, 2.24) is 10.6 Å². The monoisotopic (exact) mass is 242 g/mol. The summed E-state index contributed by atoms with van der Waals surface area (Å²) in [5.41, 5.74) is 12.5. The van der Waals surface area contributed by atoms with Gasteiger partial charge in [0, 0.05) is 23.7 Å². The molecule has 17 heavy (non-hydrogen) atoms.